The van der Waals surface area contributed by atoms with Crippen molar-refractivity contribution < 1.29 is 14.6 Å². The third kappa shape index (κ3) is 3.41. The van der Waals surface area contributed by atoms with Crippen molar-refractivity contribution in [3.8, 4) is 0 Å². The number of aliphatic hydroxyl groups is 1. The molecule has 7 heteroatoms. The first kappa shape index (κ1) is 19.4. The zero-order valence-electron chi connectivity index (χ0n) is 15.6. The summed E-state index contributed by atoms with van der Waals surface area (Å²) in [7, 11) is 0. The number of carbonyl (C=O) groups is 1. The molecule has 3 rings (SSSR count). The lowest BCUT2D eigenvalue weighted by molar-refractivity contribution is -0.158. The molecule has 1 aliphatic heterocycles. The van der Waals surface area contributed by atoms with Gasteiger partial charge in [-0.3, -0.25) is 0 Å². The van der Waals surface area contributed by atoms with Gasteiger partial charge in [-0.15, -0.1) is 11.6 Å². The Morgan fingerprint density at radius 1 is 1.46 bits per heavy atom. The average Bonchev–Trinajstić information content (AvgIpc) is 2.95. The van der Waals surface area contributed by atoms with Crippen molar-refractivity contribution in [2.45, 2.75) is 75.6 Å². The first-order valence-corrected chi connectivity index (χ1v) is 10.3. The van der Waals surface area contributed by atoms with Crippen molar-refractivity contribution in [3.05, 3.63) is 21.4 Å². The number of imidazole rings is 1. The molecular weight excluding hydrogens is 372 g/mol. The molecule has 1 aliphatic carbocycles. The number of nitrogens with zero attached hydrogens (tertiary/aromatic N) is 2. The summed E-state index contributed by atoms with van der Waals surface area (Å²) in [5.74, 6) is -0.378. The molecule has 2 aliphatic rings. The van der Waals surface area contributed by atoms with Crippen molar-refractivity contribution in [3.63, 3.8) is 0 Å². The number of esters is 1. The van der Waals surface area contributed by atoms with E-state index in [-0.39, 0.29) is 22.1 Å². The van der Waals surface area contributed by atoms with Gasteiger partial charge in [0, 0.05) is 12.5 Å². The molecule has 0 fully saturated rings. The van der Waals surface area contributed by atoms with E-state index in [0.29, 0.717) is 24.4 Å². The van der Waals surface area contributed by atoms with Gasteiger partial charge in [-0.2, -0.15) is 0 Å². The van der Waals surface area contributed by atoms with Crippen LogP contribution in [0, 0.1) is 0 Å². The Bertz CT molecular complexity index is 868. The minimum atomic E-state index is -0.606. The number of cyclic esters (lactones) is 1. The van der Waals surface area contributed by atoms with E-state index in [2.05, 4.69) is 29.5 Å². The molecule has 0 amide bonds. The van der Waals surface area contributed by atoms with Crippen LogP contribution in [-0.4, -0.2) is 31.6 Å². The molecule has 0 radical (unpaired) electrons. The van der Waals surface area contributed by atoms with E-state index in [1.54, 1.807) is 0 Å². The number of ether oxygens (including phenoxy) is 1. The normalized spacial score (nSPS) is 21.9. The maximum absolute atomic E-state index is 12.6. The summed E-state index contributed by atoms with van der Waals surface area (Å²) in [5.41, 5.74) is -0.606. The van der Waals surface area contributed by atoms with Crippen LogP contribution in [-0.2, 0) is 9.53 Å². The molecule has 0 aromatic carbocycles. The number of fused-ring (bicyclic) bond motifs is 1. The number of aromatic nitrogens is 2. The molecule has 142 valence electrons. The Hall–Kier alpha value is -1.40. The highest BCUT2D eigenvalue weighted by atomic mass is 35.5. The van der Waals surface area contributed by atoms with Gasteiger partial charge in [0.15, 0.2) is 5.16 Å². The predicted octanol–water partition coefficient (Wildman–Crippen LogP) is 3.40. The minimum absolute atomic E-state index is 0.0714. The summed E-state index contributed by atoms with van der Waals surface area (Å²) in [5, 5.41) is 13.0. The highest BCUT2D eigenvalue weighted by Crippen LogP contribution is 2.40. The van der Waals surface area contributed by atoms with Gasteiger partial charge in [0.2, 0.25) is 0 Å². The molecule has 26 heavy (non-hydrogen) atoms. The zero-order chi connectivity index (χ0) is 19.1. The number of hydrogen-bond donors (Lipinski definition) is 1. The fourth-order valence-electron chi connectivity index (χ4n) is 3.42. The summed E-state index contributed by atoms with van der Waals surface area (Å²) in [6.45, 7) is 8.07. The fourth-order valence-corrected chi connectivity index (χ4v) is 4.68. The minimum Gasteiger partial charge on any atom is -0.511 e. The summed E-state index contributed by atoms with van der Waals surface area (Å²) >= 11 is 7.40. The van der Waals surface area contributed by atoms with E-state index in [4.69, 9.17) is 16.3 Å². The van der Waals surface area contributed by atoms with Gasteiger partial charge in [0.25, 0.3) is 0 Å². The van der Waals surface area contributed by atoms with Crippen molar-refractivity contribution in [2.75, 3.05) is 0 Å². The standard InChI is InChI=1S/C19H25ClN2O3S/c1-5-19(6-2)10-15(23)16(17(24)25-19)26-18-21-13-9-12(20)7-8-14(13)22(18)11(3)4/h8-9,11-12,23H,5-7,10H2,1-4H3. The van der Waals surface area contributed by atoms with Gasteiger partial charge in [0.1, 0.15) is 16.3 Å². The van der Waals surface area contributed by atoms with Gasteiger partial charge in [-0.1, -0.05) is 19.9 Å². The number of halogens is 1. The van der Waals surface area contributed by atoms with Gasteiger partial charge in [0.05, 0.1) is 16.1 Å². The van der Waals surface area contributed by atoms with E-state index in [1.807, 2.05) is 19.9 Å². The van der Waals surface area contributed by atoms with Crippen molar-refractivity contribution in [1.82, 2.24) is 9.55 Å². The van der Waals surface area contributed by atoms with E-state index in [9.17, 15) is 9.90 Å². The molecule has 1 N–H and O–H groups in total. The molecule has 0 spiro atoms. The van der Waals surface area contributed by atoms with Crippen molar-refractivity contribution in [1.29, 1.82) is 0 Å². The number of carbonyl (C=O) groups excluding carboxylic acids is 1. The number of alkyl halides is 1. The van der Waals surface area contributed by atoms with E-state index >= 15 is 0 Å². The maximum atomic E-state index is 12.6. The topological polar surface area (TPSA) is 64.4 Å². The van der Waals surface area contributed by atoms with Crippen LogP contribution in [0.25, 0.3) is 12.2 Å². The van der Waals surface area contributed by atoms with Crippen LogP contribution >= 0.6 is 23.4 Å². The second-order valence-electron chi connectivity index (χ2n) is 7.09. The average molecular weight is 397 g/mol. The monoisotopic (exact) mass is 396 g/mol. The Morgan fingerprint density at radius 3 is 2.73 bits per heavy atom. The lowest BCUT2D eigenvalue weighted by Crippen LogP contribution is -2.38. The lowest BCUT2D eigenvalue weighted by atomic mass is 9.90. The number of thioether (sulfide) groups is 1. The van der Waals surface area contributed by atoms with Gasteiger partial charge in [-0.25, -0.2) is 9.78 Å². The first-order valence-electron chi connectivity index (χ1n) is 9.08. The molecule has 5 nitrogen and oxygen atoms in total. The molecule has 1 aromatic heterocycles. The molecule has 0 saturated carbocycles. The Kier molecular flexibility index (Phi) is 5.45. The van der Waals surface area contributed by atoms with Crippen LogP contribution in [0.1, 0.15) is 59.4 Å². The van der Waals surface area contributed by atoms with E-state index in [0.717, 1.165) is 17.1 Å². The van der Waals surface area contributed by atoms with Crippen molar-refractivity contribution >= 4 is 41.5 Å². The van der Waals surface area contributed by atoms with Crippen LogP contribution in [0.5, 0.6) is 0 Å². The highest BCUT2D eigenvalue weighted by molar-refractivity contribution is 8.03. The van der Waals surface area contributed by atoms with Crippen LogP contribution < -0.4 is 10.7 Å². The van der Waals surface area contributed by atoms with E-state index < -0.39 is 11.6 Å². The third-order valence-electron chi connectivity index (χ3n) is 5.06. The van der Waals surface area contributed by atoms with Crippen LogP contribution in [0.3, 0.4) is 0 Å². The molecule has 0 bridgehead atoms. The molecule has 0 saturated heterocycles. The maximum Gasteiger partial charge on any atom is 0.349 e. The molecule has 1 unspecified atom stereocenters. The summed E-state index contributed by atoms with van der Waals surface area (Å²) in [6.07, 6.45) is 6.46. The Labute approximate surface area is 162 Å². The molecular formula is C19H25ClN2O3S. The largest absolute Gasteiger partial charge is 0.511 e. The Balaban J connectivity index is 2.02. The van der Waals surface area contributed by atoms with Crippen molar-refractivity contribution in [2.24, 2.45) is 0 Å². The predicted molar refractivity (Wildman–Crippen MR) is 105 cm³/mol. The van der Waals surface area contributed by atoms with Crippen LogP contribution in [0.15, 0.2) is 15.8 Å². The third-order valence-corrected chi connectivity index (χ3v) is 6.45. The van der Waals surface area contributed by atoms with Gasteiger partial charge < -0.3 is 14.4 Å². The van der Waals surface area contributed by atoms with E-state index in [1.165, 1.54) is 11.8 Å². The summed E-state index contributed by atoms with van der Waals surface area (Å²) in [4.78, 5) is 17.5. The second-order valence-corrected chi connectivity index (χ2v) is 8.62. The first-order chi connectivity index (χ1) is 12.3. The van der Waals surface area contributed by atoms with Gasteiger partial charge >= 0.3 is 5.97 Å². The molecule has 2 heterocycles. The summed E-state index contributed by atoms with van der Waals surface area (Å²) < 4.78 is 7.77. The van der Waals surface area contributed by atoms with Crippen LogP contribution in [0.4, 0.5) is 0 Å². The fraction of sp³-hybridized carbons (Fsp3) is 0.579. The van der Waals surface area contributed by atoms with Crippen LogP contribution in [0.2, 0.25) is 0 Å². The Morgan fingerprint density at radius 2 is 2.15 bits per heavy atom. The summed E-state index contributed by atoms with van der Waals surface area (Å²) in [6, 6.07) is 0.165. The second kappa shape index (κ2) is 7.31. The smallest absolute Gasteiger partial charge is 0.349 e. The zero-order valence-corrected chi connectivity index (χ0v) is 17.2. The number of rotatable bonds is 5. The SMILES string of the molecule is CCC1(CC)CC(O)=C(Sc2nc3c(n2C(C)C)=CCC(Cl)C=3)C(=O)O1. The molecule has 1 atom stereocenters. The van der Waals surface area contributed by atoms with Gasteiger partial charge in [-0.05, 0) is 50.9 Å². The quantitative estimate of drug-likeness (QED) is 0.610. The number of aliphatic hydroxyl groups excluding tert-OH is 1. The number of hydrogen-bond acceptors (Lipinski definition) is 5. The highest BCUT2D eigenvalue weighted by Gasteiger charge is 2.40. The molecule has 1 aromatic rings. The lowest BCUT2D eigenvalue weighted by Gasteiger charge is -2.35.